The van der Waals surface area contributed by atoms with Crippen molar-refractivity contribution < 1.29 is 13.9 Å². The van der Waals surface area contributed by atoms with Gasteiger partial charge in [0.1, 0.15) is 11.6 Å². The number of methoxy groups -OCH3 is 1. The summed E-state index contributed by atoms with van der Waals surface area (Å²) in [4.78, 5) is 19.3. The molecule has 160 valence electrons. The molecule has 1 fully saturated rings. The Kier molecular flexibility index (Phi) is 5.89. The molecule has 6 heteroatoms. The van der Waals surface area contributed by atoms with E-state index in [1.807, 2.05) is 53.8 Å². The van der Waals surface area contributed by atoms with Crippen LogP contribution in [0.15, 0.2) is 60.6 Å². The molecule has 0 N–H and O–H groups in total. The first-order valence-corrected chi connectivity index (χ1v) is 10.4. The molecule has 0 spiro atoms. The summed E-state index contributed by atoms with van der Waals surface area (Å²) < 4.78 is 20.8. The fraction of sp³-hybridized carbons (Fsp3) is 0.280. The van der Waals surface area contributed by atoms with Crippen LogP contribution < -0.4 is 4.74 Å². The Morgan fingerprint density at radius 3 is 2.65 bits per heavy atom. The number of nitrogens with zero attached hydrogens (tertiary/aromatic N) is 3. The van der Waals surface area contributed by atoms with Gasteiger partial charge in [-0.2, -0.15) is 0 Å². The van der Waals surface area contributed by atoms with Crippen LogP contribution in [0.1, 0.15) is 42.6 Å². The van der Waals surface area contributed by atoms with Gasteiger partial charge < -0.3 is 14.2 Å². The highest BCUT2D eigenvalue weighted by molar-refractivity contribution is 5.98. The molecule has 2 heterocycles. The third-order valence-corrected chi connectivity index (χ3v) is 5.74. The van der Waals surface area contributed by atoms with E-state index in [0.717, 1.165) is 40.9 Å². The van der Waals surface area contributed by atoms with Crippen molar-refractivity contribution in [3.8, 4) is 11.4 Å². The fourth-order valence-corrected chi connectivity index (χ4v) is 4.01. The number of hydrogen-bond donors (Lipinski definition) is 0. The lowest BCUT2D eigenvalue weighted by atomic mass is 9.97. The van der Waals surface area contributed by atoms with E-state index >= 15 is 0 Å². The molecule has 4 rings (SSSR count). The summed E-state index contributed by atoms with van der Waals surface area (Å²) in [6.45, 7) is 4.62. The number of carbonyl (C=O) groups is 1. The lowest BCUT2D eigenvalue weighted by Crippen LogP contribution is -2.38. The highest BCUT2D eigenvalue weighted by Crippen LogP contribution is 2.30. The zero-order chi connectivity index (χ0) is 22.0. The smallest absolute Gasteiger partial charge is 0.250 e. The topological polar surface area (TPSA) is 47.4 Å². The van der Waals surface area contributed by atoms with Gasteiger partial charge in [0, 0.05) is 18.3 Å². The van der Waals surface area contributed by atoms with Gasteiger partial charge in [-0.3, -0.25) is 4.79 Å². The van der Waals surface area contributed by atoms with Crippen LogP contribution in [-0.4, -0.2) is 34.0 Å². The van der Waals surface area contributed by atoms with Crippen molar-refractivity contribution in [2.45, 2.75) is 32.7 Å². The minimum Gasteiger partial charge on any atom is -0.495 e. The lowest BCUT2D eigenvalue weighted by molar-refractivity contribution is -0.130. The quantitative estimate of drug-likeness (QED) is 0.541. The molecule has 31 heavy (non-hydrogen) atoms. The number of carbonyl (C=O) groups excluding carboxylic acids is 1. The Balaban J connectivity index is 1.59. The van der Waals surface area contributed by atoms with Crippen molar-refractivity contribution >= 4 is 12.0 Å². The van der Waals surface area contributed by atoms with Crippen molar-refractivity contribution in [2.75, 3.05) is 13.7 Å². The van der Waals surface area contributed by atoms with Crippen LogP contribution in [0.5, 0.6) is 5.75 Å². The van der Waals surface area contributed by atoms with Gasteiger partial charge in [0.05, 0.1) is 30.9 Å². The van der Waals surface area contributed by atoms with Gasteiger partial charge in [-0.1, -0.05) is 18.2 Å². The van der Waals surface area contributed by atoms with Crippen molar-refractivity contribution in [1.82, 2.24) is 14.5 Å². The summed E-state index contributed by atoms with van der Waals surface area (Å²) in [5.74, 6) is 0.465. The van der Waals surface area contributed by atoms with Crippen LogP contribution in [0.25, 0.3) is 11.8 Å². The van der Waals surface area contributed by atoms with Gasteiger partial charge in [-0.05, 0) is 68.2 Å². The summed E-state index contributed by atoms with van der Waals surface area (Å²) >= 11 is 0. The minimum absolute atomic E-state index is 0.0244. The number of imidazole rings is 1. The van der Waals surface area contributed by atoms with Gasteiger partial charge in [-0.15, -0.1) is 0 Å². The maximum Gasteiger partial charge on any atom is 0.250 e. The molecule has 1 amide bonds. The van der Waals surface area contributed by atoms with E-state index in [4.69, 9.17) is 4.74 Å². The number of aryl methyl sites for hydroxylation is 1. The molecule has 0 bridgehead atoms. The van der Waals surface area contributed by atoms with Gasteiger partial charge in [-0.25, -0.2) is 9.37 Å². The molecule has 3 aromatic rings. The maximum atomic E-state index is 13.3. The van der Waals surface area contributed by atoms with Crippen LogP contribution in [0.4, 0.5) is 4.39 Å². The van der Waals surface area contributed by atoms with Crippen LogP contribution in [0.3, 0.4) is 0 Å². The number of likely N-dealkylation sites (tertiary alicyclic amines) is 1. The van der Waals surface area contributed by atoms with Crippen LogP contribution in [0, 0.1) is 12.7 Å². The largest absolute Gasteiger partial charge is 0.495 e. The van der Waals surface area contributed by atoms with Crippen LogP contribution in [-0.2, 0) is 4.79 Å². The summed E-state index contributed by atoms with van der Waals surface area (Å²) in [6, 6.07) is 12.1. The van der Waals surface area contributed by atoms with Crippen molar-refractivity contribution in [1.29, 1.82) is 0 Å². The Bertz CT molecular complexity index is 1120. The minimum atomic E-state index is -0.273. The second-order valence-corrected chi connectivity index (χ2v) is 7.85. The Morgan fingerprint density at radius 1 is 1.19 bits per heavy atom. The van der Waals surface area contributed by atoms with Crippen LogP contribution in [0.2, 0.25) is 0 Å². The molecule has 5 nitrogen and oxygen atoms in total. The zero-order valence-corrected chi connectivity index (χ0v) is 18.0. The van der Waals surface area contributed by atoms with E-state index < -0.39 is 0 Å². The van der Waals surface area contributed by atoms with E-state index in [0.29, 0.717) is 12.3 Å². The summed E-state index contributed by atoms with van der Waals surface area (Å²) in [7, 11) is 1.64. The van der Waals surface area contributed by atoms with Gasteiger partial charge in [0.2, 0.25) is 5.91 Å². The SMILES string of the molecule is COc1cc(/C=C2/CCCN([C@@H](C)c3ccc(F)cc3)C2=O)ccc1-n1cnc(C)c1. The van der Waals surface area contributed by atoms with Crippen molar-refractivity contribution in [3.05, 3.63) is 83.2 Å². The first kappa shape index (κ1) is 20.8. The van der Waals surface area contributed by atoms with Gasteiger partial charge in [0.15, 0.2) is 0 Å². The molecule has 1 aromatic heterocycles. The molecular weight excluding hydrogens is 393 g/mol. The summed E-state index contributed by atoms with van der Waals surface area (Å²) in [6.07, 6.45) is 7.26. The highest BCUT2D eigenvalue weighted by atomic mass is 19.1. The van der Waals surface area contributed by atoms with Crippen molar-refractivity contribution in [3.63, 3.8) is 0 Å². The van der Waals surface area contributed by atoms with Crippen molar-refractivity contribution in [2.24, 2.45) is 0 Å². The van der Waals surface area contributed by atoms with E-state index in [2.05, 4.69) is 4.98 Å². The molecule has 2 aromatic carbocycles. The van der Waals surface area contributed by atoms with E-state index in [1.54, 1.807) is 25.6 Å². The normalized spacial score (nSPS) is 16.6. The molecule has 1 aliphatic heterocycles. The number of halogens is 1. The van der Waals surface area contributed by atoms with E-state index in [9.17, 15) is 9.18 Å². The highest BCUT2D eigenvalue weighted by Gasteiger charge is 2.28. The maximum absolute atomic E-state index is 13.3. The molecule has 1 aliphatic rings. The predicted molar refractivity (Wildman–Crippen MR) is 119 cm³/mol. The molecule has 0 saturated carbocycles. The standard InChI is InChI=1S/C25H26FN3O2/c1-17-15-28(16-27-17)23-11-6-19(14-24(23)31-3)13-21-5-4-12-29(25(21)30)18(2)20-7-9-22(26)10-8-20/h6-11,13-16,18H,4-5,12H2,1-3H3/b21-13-/t18-/m0/s1. The molecular formula is C25H26FN3O2. The predicted octanol–water partition coefficient (Wildman–Crippen LogP) is 5.10. The molecule has 1 atom stereocenters. The number of ether oxygens (including phenoxy) is 1. The third-order valence-electron chi connectivity index (χ3n) is 5.74. The first-order chi connectivity index (χ1) is 15.0. The lowest BCUT2D eigenvalue weighted by Gasteiger charge is -2.34. The number of benzene rings is 2. The summed E-state index contributed by atoms with van der Waals surface area (Å²) in [5.41, 5.74) is 4.44. The third kappa shape index (κ3) is 4.38. The molecule has 0 unspecified atom stereocenters. The number of amides is 1. The second-order valence-electron chi connectivity index (χ2n) is 7.85. The summed E-state index contributed by atoms with van der Waals surface area (Å²) in [5, 5.41) is 0. The molecule has 1 saturated heterocycles. The molecule has 0 aliphatic carbocycles. The average Bonchev–Trinajstić information content (AvgIpc) is 3.21. The number of rotatable bonds is 5. The van der Waals surface area contributed by atoms with E-state index in [1.165, 1.54) is 12.1 Å². The van der Waals surface area contributed by atoms with Gasteiger partial charge >= 0.3 is 0 Å². The average molecular weight is 420 g/mol. The fourth-order valence-electron chi connectivity index (χ4n) is 4.01. The number of aromatic nitrogens is 2. The van der Waals surface area contributed by atoms with E-state index in [-0.39, 0.29) is 17.8 Å². The molecule has 0 radical (unpaired) electrons. The Labute approximate surface area is 181 Å². The zero-order valence-electron chi connectivity index (χ0n) is 18.0. The van der Waals surface area contributed by atoms with Gasteiger partial charge in [0.25, 0.3) is 0 Å². The Hall–Kier alpha value is -3.41. The Morgan fingerprint density at radius 2 is 1.97 bits per heavy atom. The van der Waals surface area contributed by atoms with Crippen LogP contribution >= 0.6 is 0 Å². The first-order valence-electron chi connectivity index (χ1n) is 10.4. The monoisotopic (exact) mass is 419 g/mol. The second kappa shape index (κ2) is 8.76. The number of piperidine rings is 1. The number of hydrogen-bond acceptors (Lipinski definition) is 3.